The molecular formula is C12H15FOS. The van der Waals surface area contributed by atoms with E-state index in [9.17, 15) is 9.50 Å². The summed E-state index contributed by atoms with van der Waals surface area (Å²) in [7, 11) is 0. The topological polar surface area (TPSA) is 20.2 Å². The number of hydrogen-bond donors (Lipinski definition) is 1. The van der Waals surface area contributed by atoms with Crippen LogP contribution in [-0.2, 0) is 0 Å². The van der Waals surface area contributed by atoms with Crippen LogP contribution in [0.3, 0.4) is 0 Å². The van der Waals surface area contributed by atoms with Crippen molar-refractivity contribution in [2.24, 2.45) is 0 Å². The number of hydrogen-bond acceptors (Lipinski definition) is 2. The van der Waals surface area contributed by atoms with Gasteiger partial charge in [0.05, 0.1) is 6.10 Å². The Morgan fingerprint density at radius 1 is 1.20 bits per heavy atom. The Kier molecular flexibility index (Phi) is 3.65. The molecule has 0 unspecified atom stereocenters. The number of aliphatic hydroxyl groups is 1. The lowest BCUT2D eigenvalue weighted by Crippen LogP contribution is -2.26. The van der Waals surface area contributed by atoms with Crippen LogP contribution in [0.15, 0.2) is 29.2 Å². The zero-order chi connectivity index (χ0) is 10.7. The molecule has 0 spiro atoms. The monoisotopic (exact) mass is 226 g/mol. The highest BCUT2D eigenvalue weighted by Crippen LogP contribution is 2.34. The van der Waals surface area contributed by atoms with Crippen molar-refractivity contribution in [2.45, 2.75) is 41.9 Å². The highest BCUT2D eigenvalue weighted by Gasteiger charge is 2.24. The Morgan fingerprint density at radius 3 is 2.67 bits per heavy atom. The number of aliphatic hydroxyl groups excluding tert-OH is 1. The molecule has 1 aliphatic carbocycles. The minimum Gasteiger partial charge on any atom is -0.392 e. The van der Waals surface area contributed by atoms with Crippen LogP contribution in [0.5, 0.6) is 0 Å². The van der Waals surface area contributed by atoms with Crippen molar-refractivity contribution in [1.29, 1.82) is 0 Å². The summed E-state index contributed by atoms with van der Waals surface area (Å²) in [5, 5.41) is 9.94. The van der Waals surface area contributed by atoms with Crippen molar-refractivity contribution in [3.63, 3.8) is 0 Å². The fourth-order valence-electron chi connectivity index (χ4n) is 1.92. The molecule has 0 heterocycles. The molecule has 1 fully saturated rings. The maximum atomic E-state index is 13.4. The SMILES string of the molecule is O[C@@H]1CCCC[C@H]1Sc1ccccc1F. The lowest BCUT2D eigenvalue weighted by molar-refractivity contribution is 0.137. The van der Waals surface area contributed by atoms with E-state index >= 15 is 0 Å². The van der Waals surface area contributed by atoms with Gasteiger partial charge in [-0.2, -0.15) is 0 Å². The molecule has 82 valence electrons. The standard InChI is InChI=1S/C12H15FOS/c13-9-5-1-3-7-11(9)15-12-8-4-2-6-10(12)14/h1,3,5,7,10,12,14H,2,4,6,8H2/t10-,12-/m1/s1. The smallest absolute Gasteiger partial charge is 0.136 e. The summed E-state index contributed by atoms with van der Waals surface area (Å²) < 4.78 is 13.4. The molecule has 0 aliphatic heterocycles. The van der Waals surface area contributed by atoms with Crippen LogP contribution >= 0.6 is 11.8 Å². The summed E-state index contributed by atoms with van der Waals surface area (Å²) in [6, 6.07) is 6.77. The van der Waals surface area contributed by atoms with Gasteiger partial charge in [-0.3, -0.25) is 0 Å². The highest BCUT2D eigenvalue weighted by atomic mass is 32.2. The molecule has 0 bridgehead atoms. The zero-order valence-corrected chi connectivity index (χ0v) is 9.34. The molecule has 1 saturated carbocycles. The predicted molar refractivity (Wildman–Crippen MR) is 60.5 cm³/mol. The third-order valence-electron chi connectivity index (χ3n) is 2.78. The molecular weight excluding hydrogens is 211 g/mol. The van der Waals surface area contributed by atoms with Crippen LogP contribution < -0.4 is 0 Å². The minimum atomic E-state index is -0.275. The molecule has 1 nitrogen and oxygen atoms in total. The second-order valence-corrected chi connectivity index (χ2v) is 5.22. The van der Waals surface area contributed by atoms with Gasteiger partial charge in [-0.15, -0.1) is 11.8 Å². The van der Waals surface area contributed by atoms with Gasteiger partial charge in [-0.1, -0.05) is 25.0 Å². The van der Waals surface area contributed by atoms with Gasteiger partial charge in [0.1, 0.15) is 5.82 Å². The molecule has 1 aliphatic rings. The van der Waals surface area contributed by atoms with Crippen molar-refractivity contribution in [3.8, 4) is 0 Å². The Hall–Kier alpha value is -0.540. The van der Waals surface area contributed by atoms with Gasteiger partial charge in [0.2, 0.25) is 0 Å². The Bertz CT molecular complexity index is 329. The van der Waals surface area contributed by atoms with Gasteiger partial charge in [0.25, 0.3) is 0 Å². The van der Waals surface area contributed by atoms with Crippen molar-refractivity contribution in [1.82, 2.24) is 0 Å². The second kappa shape index (κ2) is 4.99. The largest absolute Gasteiger partial charge is 0.392 e. The molecule has 2 atom stereocenters. The Morgan fingerprint density at radius 2 is 1.93 bits per heavy atom. The van der Waals surface area contributed by atoms with Crippen molar-refractivity contribution in [2.75, 3.05) is 0 Å². The van der Waals surface area contributed by atoms with Crippen LogP contribution in [0.25, 0.3) is 0 Å². The van der Waals surface area contributed by atoms with E-state index in [4.69, 9.17) is 0 Å². The lowest BCUT2D eigenvalue weighted by atomic mass is 9.97. The predicted octanol–water partition coefficient (Wildman–Crippen LogP) is 3.22. The molecule has 0 aromatic heterocycles. The number of rotatable bonds is 2. The fourth-order valence-corrected chi connectivity index (χ4v) is 3.16. The number of thioether (sulfide) groups is 1. The molecule has 0 amide bonds. The summed E-state index contributed by atoms with van der Waals surface area (Å²) in [4.78, 5) is 0.656. The first-order chi connectivity index (χ1) is 7.27. The minimum absolute atomic E-state index is 0.163. The third kappa shape index (κ3) is 2.73. The van der Waals surface area contributed by atoms with Gasteiger partial charge in [0, 0.05) is 10.1 Å². The Balaban J connectivity index is 2.04. The summed E-state index contributed by atoms with van der Waals surface area (Å²) in [5.74, 6) is -0.180. The molecule has 3 heteroatoms. The lowest BCUT2D eigenvalue weighted by Gasteiger charge is -2.26. The molecule has 1 N–H and O–H groups in total. The summed E-state index contributed by atoms with van der Waals surface area (Å²) >= 11 is 1.47. The molecule has 2 rings (SSSR count). The maximum Gasteiger partial charge on any atom is 0.136 e. The van der Waals surface area contributed by atoms with Gasteiger partial charge < -0.3 is 5.11 Å². The van der Waals surface area contributed by atoms with Crippen LogP contribution in [-0.4, -0.2) is 16.5 Å². The number of halogens is 1. The van der Waals surface area contributed by atoms with E-state index in [0.717, 1.165) is 25.7 Å². The van der Waals surface area contributed by atoms with Crippen molar-refractivity contribution >= 4 is 11.8 Å². The maximum absolute atomic E-state index is 13.4. The van der Waals surface area contributed by atoms with E-state index in [2.05, 4.69) is 0 Å². The highest BCUT2D eigenvalue weighted by molar-refractivity contribution is 8.00. The van der Waals surface area contributed by atoms with Crippen LogP contribution in [0.4, 0.5) is 4.39 Å². The second-order valence-electron chi connectivity index (χ2n) is 3.94. The first kappa shape index (κ1) is 11.0. The van der Waals surface area contributed by atoms with Crippen LogP contribution in [0, 0.1) is 5.82 Å². The first-order valence-corrected chi connectivity index (χ1v) is 6.24. The summed E-state index contributed by atoms with van der Waals surface area (Å²) in [6.07, 6.45) is 3.80. The van der Waals surface area contributed by atoms with Crippen LogP contribution in [0.2, 0.25) is 0 Å². The average molecular weight is 226 g/mol. The van der Waals surface area contributed by atoms with E-state index in [1.165, 1.54) is 17.8 Å². The van der Waals surface area contributed by atoms with Crippen molar-refractivity contribution in [3.05, 3.63) is 30.1 Å². The summed E-state index contributed by atoms with van der Waals surface area (Å²) in [5.41, 5.74) is 0. The first-order valence-electron chi connectivity index (χ1n) is 5.36. The molecule has 0 saturated heterocycles. The van der Waals surface area contributed by atoms with E-state index in [0.29, 0.717) is 4.90 Å². The van der Waals surface area contributed by atoms with Gasteiger partial charge in [-0.25, -0.2) is 4.39 Å². The van der Waals surface area contributed by atoms with Gasteiger partial charge in [-0.05, 0) is 25.0 Å². The quantitative estimate of drug-likeness (QED) is 0.835. The molecule has 0 radical (unpaired) electrons. The normalized spacial score (nSPS) is 26.5. The van der Waals surface area contributed by atoms with E-state index in [1.54, 1.807) is 12.1 Å². The van der Waals surface area contributed by atoms with Crippen molar-refractivity contribution < 1.29 is 9.50 Å². The van der Waals surface area contributed by atoms with Gasteiger partial charge in [0.15, 0.2) is 0 Å². The summed E-state index contributed by atoms with van der Waals surface area (Å²) in [6.45, 7) is 0. The Labute approximate surface area is 93.7 Å². The third-order valence-corrected chi connectivity index (χ3v) is 4.22. The molecule has 1 aromatic rings. The van der Waals surface area contributed by atoms with Gasteiger partial charge >= 0.3 is 0 Å². The fraction of sp³-hybridized carbons (Fsp3) is 0.500. The number of benzene rings is 1. The van der Waals surface area contributed by atoms with Crippen LogP contribution in [0.1, 0.15) is 25.7 Å². The average Bonchev–Trinajstić information content (AvgIpc) is 2.24. The molecule has 15 heavy (non-hydrogen) atoms. The van der Waals surface area contributed by atoms with E-state index < -0.39 is 0 Å². The zero-order valence-electron chi connectivity index (χ0n) is 8.53. The van der Waals surface area contributed by atoms with E-state index in [1.807, 2.05) is 6.07 Å². The molecule has 1 aromatic carbocycles. The van der Waals surface area contributed by atoms with E-state index in [-0.39, 0.29) is 17.2 Å².